The molecule has 0 saturated heterocycles. The number of aromatic nitrogens is 2. The molecule has 0 aliphatic carbocycles. The van der Waals surface area contributed by atoms with E-state index in [1.165, 1.54) is 13.4 Å². The summed E-state index contributed by atoms with van der Waals surface area (Å²) in [5, 5.41) is 9.91. The molecule has 0 bridgehead atoms. The third-order valence-corrected chi connectivity index (χ3v) is 4.22. The molecule has 2 rings (SSSR count). The van der Waals surface area contributed by atoms with Gasteiger partial charge in [-0.05, 0) is 36.5 Å². The molecular formula is C18H21F3N2O2. The number of halogens is 3. The van der Waals surface area contributed by atoms with E-state index >= 15 is 0 Å². The van der Waals surface area contributed by atoms with Crippen LogP contribution in [0.5, 0.6) is 5.75 Å². The monoisotopic (exact) mass is 354 g/mol. The van der Waals surface area contributed by atoms with Crippen LogP contribution in [0.4, 0.5) is 13.2 Å². The maximum atomic E-state index is 13.1. The van der Waals surface area contributed by atoms with Gasteiger partial charge >= 0.3 is 6.18 Å². The van der Waals surface area contributed by atoms with E-state index in [2.05, 4.69) is 9.97 Å². The molecule has 1 atom stereocenters. The van der Waals surface area contributed by atoms with Gasteiger partial charge in [-0.2, -0.15) is 13.2 Å². The normalized spacial score (nSPS) is 14.9. The van der Waals surface area contributed by atoms with Crippen molar-refractivity contribution in [3.05, 3.63) is 42.5 Å². The van der Waals surface area contributed by atoms with Crippen molar-refractivity contribution in [3.8, 4) is 16.9 Å². The Labute approximate surface area is 144 Å². The molecule has 1 unspecified atom stereocenters. The third-order valence-electron chi connectivity index (χ3n) is 4.22. The molecule has 0 spiro atoms. The van der Waals surface area contributed by atoms with Crippen molar-refractivity contribution in [2.45, 2.75) is 44.4 Å². The van der Waals surface area contributed by atoms with Crippen molar-refractivity contribution >= 4 is 0 Å². The van der Waals surface area contributed by atoms with Gasteiger partial charge in [-0.3, -0.25) is 0 Å². The number of aliphatic hydroxyl groups is 1. The van der Waals surface area contributed by atoms with Crippen LogP contribution in [0.15, 0.2) is 36.9 Å². The predicted molar refractivity (Wildman–Crippen MR) is 88.3 cm³/mol. The van der Waals surface area contributed by atoms with Gasteiger partial charge in [0.1, 0.15) is 12.1 Å². The molecular weight excluding hydrogens is 333 g/mol. The van der Waals surface area contributed by atoms with Crippen LogP contribution >= 0.6 is 0 Å². The summed E-state index contributed by atoms with van der Waals surface area (Å²) in [5.41, 5.74) is -1.73. The second-order valence-corrected chi connectivity index (χ2v) is 6.87. The van der Waals surface area contributed by atoms with Crippen molar-refractivity contribution in [2.75, 3.05) is 7.11 Å². The quantitative estimate of drug-likeness (QED) is 0.877. The van der Waals surface area contributed by atoms with Crippen LogP contribution in [0, 0.1) is 0 Å². The molecule has 1 aromatic heterocycles. The van der Waals surface area contributed by atoms with Crippen LogP contribution in [0.3, 0.4) is 0 Å². The topological polar surface area (TPSA) is 55.2 Å². The molecule has 0 amide bonds. The van der Waals surface area contributed by atoms with Crippen LogP contribution in [0.1, 0.15) is 32.8 Å². The van der Waals surface area contributed by atoms with E-state index in [0.29, 0.717) is 11.3 Å². The van der Waals surface area contributed by atoms with E-state index in [9.17, 15) is 18.3 Å². The highest BCUT2D eigenvalue weighted by molar-refractivity contribution is 5.65. The Kier molecular flexibility index (Phi) is 5.09. The zero-order valence-corrected chi connectivity index (χ0v) is 14.6. The molecule has 0 fully saturated rings. The van der Waals surface area contributed by atoms with Gasteiger partial charge < -0.3 is 9.84 Å². The van der Waals surface area contributed by atoms with Gasteiger partial charge in [0.25, 0.3) is 0 Å². The summed E-state index contributed by atoms with van der Waals surface area (Å²) in [6.45, 7) is 4.09. The number of hydrogen-bond acceptors (Lipinski definition) is 4. The smallest absolute Gasteiger partial charge is 0.416 e. The van der Waals surface area contributed by atoms with Crippen molar-refractivity contribution in [1.29, 1.82) is 0 Å². The molecule has 25 heavy (non-hydrogen) atoms. The summed E-state index contributed by atoms with van der Waals surface area (Å²) < 4.78 is 44.7. The number of benzene rings is 1. The SMILES string of the molecule is COc1ccc(-c2cncnc2)cc1C(C)(C)CC(C)(O)C(F)(F)F. The highest BCUT2D eigenvalue weighted by Gasteiger charge is 2.52. The van der Waals surface area contributed by atoms with Crippen LogP contribution in [-0.4, -0.2) is 34.0 Å². The molecule has 7 heteroatoms. The first-order valence-electron chi connectivity index (χ1n) is 7.71. The number of methoxy groups -OCH3 is 1. The van der Waals surface area contributed by atoms with Crippen LogP contribution in [0.2, 0.25) is 0 Å². The maximum absolute atomic E-state index is 13.1. The molecule has 0 aliphatic heterocycles. The Bertz CT molecular complexity index is 729. The van der Waals surface area contributed by atoms with E-state index < -0.39 is 23.6 Å². The Hall–Kier alpha value is -2.15. The second kappa shape index (κ2) is 6.63. The highest BCUT2D eigenvalue weighted by Crippen LogP contribution is 2.44. The first-order valence-corrected chi connectivity index (χ1v) is 7.71. The summed E-state index contributed by atoms with van der Waals surface area (Å²) in [6, 6.07) is 5.24. The van der Waals surface area contributed by atoms with Crippen LogP contribution in [0.25, 0.3) is 11.1 Å². The van der Waals surface area contributed by atoms with Gasteiger partial charge in [-0.1, -0.05) is 19.9 Å². The van der Waals surface area contributed by atoms with Gasteiger partial charge in [0.2, 0.25) is 0 Å². The minimum Gasteiger partial charge on any atom is -0.496 e. The molecule has 0 aliphatic rings. The summed E-state index contributed by atoms with van der Waals surface area (Å²) in [5.74, 6) is 0.462. The van der Waals surface area contributed by atoms with E-state index in [0.717, 1.165) is 18.1 Å². The van der Waals surface area contributed by atoms with Gasteiger partial charge in [-0.15, -0.1) is 0 Å². The van der Waals surface area contributed by atoms with Crippen molar-refractivity contribution in [3.63, 3.8) is 0 Å². The lowest BCUT2D eigenvalue weighted by Crippen LogP contribution is -2.46. The number of nitrogens with zero attached hydrogens (tertiary/aromatic N) is 2. The number of ether oxygens (including phenoxy) is 1. The molecule has 0 saturated carbocycles. The number of rotatable bonds is 5. The Morgan fingerprint density at radius 2 is 1.64 bits per heavy atom. The number of alkyl halides is 3. The summed E-state index contributed by atoms with van der Waals surface area (Å²) in [7, 11) is 1.46. The van der Waals surface area contributed by atoms with Crippen LogP contribution < -0.4 is 4.74 Å². The molecule has 1 heterocycles. The number of hydrogen-bond donors (Lipinski definition) is 1. The average molecular weight is 354 g/mol. The summed E-state index contributed by atoms with van der Waals surface area (Å²) >= 11 is 0. The van der Waals surface area contributed by atoms with E-state index in [-0.39, 0.29) is 0 Å². The lowest BCUT2D eigenvalue weighted by molar-refractivity contribution is -0.259. The lowest BCUT2D eigenvalue weighted by atomic mass is 9.74. The fourth-order valence-corrected chi connectivity index (χ4v) is 2.92. The fourth-order valence-electron chi connectivity index (χ4n) is 2.92. The second-order valence-electron chi connectivity index (χ2n) is 6.87. The van der Waals surface area contributed by atoms with E-state index in [1.807, 2.05) is 0 Å². The molecule has 0 radical (unpaired) electrons. The zero-order chi connectivity index (χ0) is 18.9. The summed E-state index contributed by atoms with van der Waals surface area (Å²) in [4.78, 5) is 7.91. The standard InChI is InChI=1S/C18H21F3N2O2/c1-16(2,10-17(3,24)18(19,20)21)14-7-12(5-6-15(14)25-4)13-8-22-11-23-9-13/h5-9,11,24H,10H2,1-4H3. The van der Waals surface area contributed by atoms with Crippen molar-refractivity contribution < 1.29 is 23.0 Å². The van der Waals surface area contributed by atoms with Crippen molar-refractivity contribution in [2.24, 2.45) is 0 Å². The minimum atomic E-state index is -4.72. The first kappa shape index (κ1) is 19.2. The third kappa shape index (κ3) is 4.10. The van der Waals surface area contributed by atoms with Gasteiger partial charge in [0.15, 0.2) is 5.60 Å². The minimum absolute atomic E-state index is 0.462. The fraction of sp³-hybridized carbons (Fsp3) is 0.444. The van der Waals surface area contributed by atoms with Gasteiger partial charge in [0, 0.05) is 23.5 Å². The molecule has 136 valence electrons. The van der Waals surface area contributed by atoms with Crippen molar-refractivity contribution in [1.82, 2.24) is 9.97 Å². The largest absolute Gasteiger partial charge is 0.496 e. The molecule has 1 aromatic carbocycles. The highest BCUT2D eigenvalue weighted by atomic mass is 19.4. The Morgan fingerprint density at radius 1 is 1.04 bits per heavy atom. The van der Waals surface area contributed by atoms with Crippen LogP contribution in [-0.2, 0) is 5.41 Å². The van der Waals surface area contributed by atoms with Gasteiger partial charge in [0.05, 0.1) is 7.11 Å². The summed E-state index contributed by atoms with van der Waals surface area (Å²) in [6.07, 6.45) is -0.579. The van der Waals surface area contributed by atoms with E-state index in [1.54, 1.807) is 44.4 Å². The van der Waals surface area contributed by atoms with E-state index in [4.69, 9.17) is 4.74 Å². The molecule has 1 N–H and O–H groups in total. The molecule has 2 aromatic rings. The molecule has 4 nitrogen and oxygen atoms in total. The Balaban J connectivity index is 2.48. The van der Waals surface area contributed by atoms with Gasteiger partial charge in [-0.25, -0.2) is 9.97 Å². The average Bonchev–Trinajstić information content (AvgIpc) is 2.53. The predicted octanol–water partition coefficient (Wildman–Crippen LogP) is 4.13. The maximum Gasteiger partial charge on any atom is 0.416 e. The Morgan fingerprint density at radius 3 is 2.16 bits per heavy atom. The lowest BCUT2D eigenvalue weighted by Gasteiger charge is -2.36. The zero-order valence-electron chi connectivity index (χ0n) is 14.6. The first-order chi connectivity index (χ1) is 11.5.